The molecule has 100 valence electrons. The molecule has 0 bridgehead atoms. The third-order valence-electron chi connectivity index (χ3n) is 3.82. The normalized spacial score (nSPS) is 22.9. The second kappa shape index (κ2) is 4.98. The molecular weight excluding hydrogens is 250 g/mol. The maximum absolute atomic E-state index is 10.1. The Morgan fingerprint density at radius 2 is 2.17 bits per heavy atom. The number of anilines is 1. The van der Waals surface area contributed by atoms with Crippen LogP contribution in [-0.2, 0) is 0 Å². The van der Waals surface area contributed by atoms with Crippen LogP contribution in [0, 0.1) is 5.41 Å². The van der Waals surface area contributed by atoms with Crippen LogP contribution in [0.2, 0.25) is 5.02 Å². The summed E-state index contributed by atoms with van der Waals surface area (Å²) in [6.07, 6.45) is 0.657. The Morgan fingerprint density at radius 3 is 2.72 bits per heavy atom. The minimum atomic E-state index is -0.313. The predicted octanol–water partition coefficient (Wildman–Crippen LogP) is 2.95. The number of ether oxygens (including phenoxy) is 1. The molecule has 18 heavy (non-hydrogen) atoms. The molecule has 1 saturated heterocycles. The summed E-state index contributed by atoms with van der Waals surface area (Å²) in [5.74, 6) is 0.679. The molecule has 0 saturated carbocycles. The molecule has 1 atom stereocenters. The van der Waals surface area contributed by atoms with Crippen LogP contribution in [0.5, 0.6) is 5.75 Å². The molecule has 3 nitrogen and oxygen atoms in total. The van der Waals surface area contributed by atoms with Gasteiger partial charge >= 0.3 is 0 Å². The second-order valence-corrected chi connectivity index (χ2v) is 5.93. The first-order valence-corrected chi connectivity index (χ1v) is 6.58. The number of nitrogens with zero attached hydrogens (tertiary/aromatic N) is 1. The van der Waals surface area contributed by atoms with Crippen LogP contribution >= 0.6 is 11.6 Å². The zero-order valence-electron chi connectivity index (χ0n) is 11.1. The van der Waals surface area contributed by atoms with E-state index < -0.39 is 0 Å². The van der Waals surface area contributed by atoms with Crippen LogP contribution in [-0.4, -0.2) is 31.4 Å². The van der Waals surface area contributed by atoms with Crippen molar-refractivity contribution in [1.29, 1.82) is 0 Å². The van der Waals surface area contributed by atoms with E-state index >= 15 is 0 Å². The van der Waals surface area contributed by atoms with Gasteiger partial charge in [-0.1, -0.05) is 25.4 Å². The van der Waals surface area contributed by atoms with Gasteiger partial charge in [-0.25, -0.2) is 0 Å². The summed E-state index contributed by atoms with van der Waals surface area (Å²) in [5.41, 5.74) is 1.03. The van der Waals surface area contributed by atoms with Gasteiger partial charge < -0.3 is 14.7 Å². The first-order valence-electron chi connectivity index (χ1n) is 6.20. The third kappa shape index (κ3) is 2.57. The van der Waals surface area contributed by atoms with E-state index in [1.807, 2.05) is 18.2 Å². The van der Waals surface area contributed by atoms with Crippen molar-refractivity contribution in [2.75, 3.05) is 25.1 Å². The summed E-state index contributed by atoms with van der Waals surface area (Å²) in [7, 11) is 1.61. The van der Waals surface area contributed by atoms with E-state index in [4.69, 9.17) is 16.3 Å². The Kier molecular flexibility index (Phi) is 3.74. The lowest BCUT2D eigenvalue weighted by atomic mass is 9.80. The summed E-state index contributed by atoms with van der Waals surface area (Å²) in [6, 6.07) is 5.74. The van der Waals surface area contributed by atoms with Gasteiger partial charge in [0.05, 0.1) is 18.2 Å². The van der Waals surface area contributed by atoms with Crippen LogP contribution in [0.25, 0.3) is 0 Å². The molecule has 0 amide bonds. The van der Waals surface area contributed by atoms with Gasteiger partial charge in [0.25, 0.3) is 0 Å². The molecule has 1 unspecified atom stereocenters. The molecule has 0 spiro atoms. The molecule has 1 aliphatic rings. The number of β-amino-alcohol motifs (C(OH)–C–C–N with tert-alkyl or cyclic N) is 1. The Hall–Kier alpha value is -0.930. The first kappa shape index (κ1) is 13.5. The fourth-order valence-electron chi connectivity index (χ4n) is 2.22. The zero-order valence-corrected chi connectivity index (χ0v) is 11.9. The predicted molar refractivity (Wildman–Crippen MR) is 74.6 cm³/mol. The molecule has 1 heterocycles. The van der Waals surface area contributed by atoms with Crippen molar-refractivity contribution in [3.8, 4) is 5.75 Å². The molecule has 1 fully saturated rings. The standard InChI is InChI=1S/C14H20ClNO2/c1-14(2)6-7-16(9-13(14)17)10-4-5-12(18-3)11(15)8-10/h4-5,8,13,17H,6-7,9H2,1-3H3. The number of rotatable bonds is 2. The van der Waals surface area contributed by atoms with Crippen molar-refractivity contribution in [3.63, 3.8) is 0 Å². The van der Waals surface area contributed by atoms with E-state index in [1.165, 1.54) is 0 Å². The van der Waals surface area contributed by atoms with Gasteiger partial charge in [-0.2, -0.15) is 0 Å². The summed E-state index contributed by atoms with van der Waals surface area (Å²) in [5, 5.41) is 10.7. The molecule has 4 heteroatoms. The molecule has 2 rings (SSSR count). The van der Waals surface area contributed by atoms with E-state index in [9.17, 15) is 5.11 Å². The summed E-state index contributed by atoms with van der Waals surface area (Å²) in [6.45, 7) is 5.80. The number of methoxy groups -OCH3 is 1. The quantitative estimate of drug-likeness (QED) is 0.896. The third-order valence-corrected chi connectivity index (χ3v) is 4.12. The summed E-state index contributed by atoms with van der Waals surface area (Å²) in [4.78, 5) is 2.17. The minimum Gasteiger partial charge on any atom is -0.495 e. The topological polar surface area (TPSA) is 32.7 Å². The van der Waals surface area contributed by atoms with Crippen molar-refractivity contribution in [1.82, 2.24) is 0 Å². The fraction of sp³-hybridized carbons (Fsp3) is 0.571. The number of aliphatic hydroxyl groups is 1. The SMILES string of the molecule is COc1ccc(N2CCC(C)(C)C(O)C2)cc1Cl. The number of piperidine rings is 1. The van der Waals surface area contributed by atoms with Gasteiger partial charge in [0.15, 0.2) is 0 Å². The van der Waals surface area contributed by atoms with E-state index in [0.29, 0.717) is 17.3 Å². The molecule has 0 aliphatic carbocycles. The van der Waals surface area contributed by atoms with Crippen LogP contribution in [0.15, 0.2) is 18.2 Å². The van der Waals surface area contributed by atoms with Crippen LogP contribution in [0.4, 0.5) is 5.69 Å². The Balaban J connectivity index is 2.16. The van der Waals surface area contributed by atoms with Crippen molar-refractivity contribution in [2.24, 2.45) is 5.41 Å². The molecule has 0 radical (unpaired) electrons. The maximum atomic E-state index is 10.1. The summed E-state index contributed by atoms with van der Waals surface area (Å²) < 4.78 is 5.14. The van der Waals surface area contributed by atoms with Gasteiger partial charge in [-0.05, 0) is 30.0 Å². The second-order valence-electron chi connectivity index (χ2n) is 5.52. The highest BCUT2D eigenvalue weighted by Gasteiger charge is 2.34. The van der Waals surface area contributed by atoms with E-state index in [1.54, 1.807) is 7.11 Å². The van der Waals surface area contributed by atoms with E-state index in [2.05, 4.69) is 18.7 Å². The van der Waals surface area contributed by atoms with Crippen molar-refractivity contribution in [2.45, 2.75) is 26.4 Å². The van der Waals surface area contributed by atoms with Gasteiger partial charge in [-0.15, -0.1) is 0 Å². The molecule has 1 aromatic rings. The number of benzene rings is 1. The highest BCUT2D eigenvalue weighted by atomic mass is 35.5. The van der Waals surface area contributed by atoms with Crippen LogP contribution in [0.1, 0.15) is 20.3 Å². The van der Waals surface area contributed by atoms with Crippen molar-refractivity contribution in [3.05, 3.63) is 23.2 Å². The Labute approximate surface area is 113 Å². The van der Waals surface area contributed by atoms with Crippen molar-refractivity contribution >= 4 is 17.3 Å². The monoisotopic (exact) mass is 269 g/mol. The highest BCUT2D eigenvalue weighted by molar-refractivity contribution is 6.32. The highest BCUT2D eigenvalue weighted by Crippen LogP contribution is 2.35. The molecule has 1 aromatic carbocycles. The Morgan fingerprint density at radius 1 is 1.44 bits per heavy atom. The van der Waals surface area contributed by atoms with E-state index in [0.717, 1.165) is 18.7 Å². The smallest absolute Gasteiger partial charge is 0.137 e. The van der Waals surface area contributed by atoms with Gasteiger partial charge in [0.2, 0.25) is 0 Å². The number of aliphatic hydroxyl groups excluding tert-OH is 1. The largest absolute Gasteiger partial charge is 0.495 e. The van der Waals surface area contributed by atoms with Gasteiger partial charge in [-0.3, -0.25) is 0 Å². The van der Waals surface area contributed by atoms with Gasteiger partial charge in [0, 0.05) is 18.8 Å². The lowest BCUT2D eigenvalue weighted by molar-refractivity contribution is 0.0351. The van der Waals surface area contributed by atoms with Crippen molar-refractivity contribution < 1.29 is 9.84 Å². The van der Waals surface area contributed by atoms with Crippen LogP contribution in [0.3, 0.4) is 0 Å². The van der Waals surface area contributed by atoms with Gasteiger partial charge in [0.1, 0.15) is 5.75 Å². The lowest BCUT2D eigenvalue weighted by Crippen LogP contribution is -2.48. The summed E-state index contributed by atoms with van der Waals surface area (Å²) >= 11 is 6.13. The molecular formula is C14H20ClNO2. The Bertz CT molecular complexity index is 434. The molecule has 0 aromatic heterocycles. The number of hydrogen-bond acceptors (Lipinski definition) is 3. The number of halogens is 1. The average molecular weight is 270 g/mol. The zero-order chi connectivity index (χ0) is 13.3. The molecule has 1 N–H and O–H groups in total. The van der Waals surface area contributed by atoms with E-state index in [-0.39, 0.29) is 11.5 Å². The minimum absolute atomic E-state index is 0.00718. The number of hydrogen-bond donors (Lipinski definition) is 1. The fourth-order valence-corrected chi connectivity index (χ4v) is 2.48. The lowest BCUT2D eigenvalue weighted by Gasteiger charge is -2.42. The first-order chi connectivity index (χ1) is 8.44. The van der Waals surface area contributed by atoms with Crippen LogP contribution < -0.4 is 9.64 Å². The maximum Gasteiger partial charge on any atom is 0.137 e. The molecule has 1 aliphatic heterocycles. The average Bonchev–Trinajstić information content (AvgIpc) is 2.32.